The zero-order chi connectivity index (χ0) is 7.28. The summed E-state index contributed by atoms with van der Waals surface area (Å²) in [6.45, 7) is 5.99. The molecular formula is C7H17NOY. The summed E-state index contributed by atoms with van der Waals surface area (Å²) in [7, 11) is 2.06. The van der Waals surface area contributed by atoms with Crippen LogP contribution in [0.2, 0.25) is 0 Å². The van der Waals surface area contributed by atoms with Gasteiger partial charge in [0.15, 0.2) is 0 Å². The van der Waals surface area contributed by atoms with Crippen LogP contribution in [0.1, 0.15) is 20.3 Å². The van der Waals surface area contributed by atoms with Crippen LogP contribution in [0.15, 0.2) is 0 Å². The van der Waals surface area contributed by atoms with E-state index in [1.807, 2.05) is 6.92 Å². The summed E-state index contributed by atoms with van der Waals surface area (Å²) in [6.07, 6.45) is 0.726. The van der Waals surface area contributed by atoms with Gasteiger partial charge in [0.1, 0.15) is 0 Å². The standard InChI is InChI=1S/C7H17NO.Y/c1-4-8(3)6-5-7(2)9;/h7,9H,4-6H2,1-3H3;. The van der Waals surface area contributed by atoms with Gasteiger partial charge in [-0.3, -0.25) is 0 Å². The summed E-state index contributed by atoms with van der Waals surface area (Å²) >= 11 is 0. The SMILES string of the molecule is CCN(C)CCC(C)O.[Y]. The van der Waals surface area contributed by atoms with Crippen LogP contribution in [0.3, 0.4) is 0 Å². The molecule has 0 heterocycles. The first kappa shape index (κ1) is 13.6. The van der Waals surface area contributed by atoms with E-state index in [9.17, 15) is 0 Å². The Morgan fingerprint density at radius 3 is 2.30 bits per heavy atom. The molecule has 0 aliphatic rings. The van der Waals surface area contributed by atoms with Crippen LogP contribution in [0.25, 0.3) is 0 Å². The van der Waals surface area contributed by atoms with Crippen LogP contribution in [0.5, 0.6) is 0 Å². The molecule has 0 amide bonds. The van der Waals surface area contributed by atoms with Crippen molar-refractivity contribution in [2.24, 2.45) is 0 Å². The summed E-state index contributed by atoms with van der Waals surface area (Å²) in [5.41, 5.74) is 0. The molecule has 0 saturated heterocycles. The Morgan fingerprint density at radius 1 is 1.50 bits per heavy atom. The maximum atomic E-state index is 8.87. The van der Waals surface area contributed by atoms with E-state index in [-0.39, 0.29) is 38.8 Å². The van der Waals surface area contributed by atoms with Gasteiger partial charge in [-0.05, 0) is 26.9 Å². The summed E-state index contributed by atoms with van der Waals surface area (Å²) in [4.78, 5) is 2.19. The molecule has 1 atom stereocenters. The van der Waals surface area contributed by atoms with Gasteiger partial charge in [-0.1, -0.05) is 6.92 Å². The van der Waals surface area contributed by atoms with Crippen LogP contribution in [0.4, 0.5) is 0 Å². The molecule has 0 bridgehead atoms. The minimum Gasteiger partial charge on any atom is -0.393 e. The van der Waals surface area contributed by atoms with Crippen molar-refractivity contribution in [1.82, 2.24) is 4.90 Å². The van der Waals surface area contributed by atoms with E-state index in [0.717, 1.165) is 19.5 Å². The van der Waals surface area contributed by atoms with E-state index >= 15 is 0 Å². The van der Waals surface area contributed by atoms with Crippen LogP contribution in [-0.4, -0.2) is 36.2 Å². The minimum absolute atomic E-state index is 0. The second-order valence-corrected chi connectivity index (χ2v) is 2.53. The molecule has 0 spiro atoms. The number of aliphatic hydroxyl groups is 1. The molecule has 3 heteroatoms. The van der Waals surface area contributed by atoms with Gasteiger partial charge in [-0.2, -0.15) is 0 Å². The average molecular weight is 220 g/mol. The van der Waals surface area contributed by atoms with Crippen molar-refractivity contribution in [3.63, 3.8) is 0 Å². The normalized spacial score (nSPS) is 12.9. The Kier molecular flexibility index (Phi) is 11.1. The van der Waals surface area contributed by atoms with E-state index in [1.165, 1.54) is 0 Å². The van der Waals surface area contributed by atoms with E-state index in [0.29, 0.717) is 0 Å². The first-order valence-electron chi connectivity index (χ1n) is 3.53. The quantitative estimate of drug-likeness (QED) is 0.754. The Balaban J connectivity index is 0. The van der Waals surface area contributed by atoms with E-state index in [1.54, 1.807) is 0 Å². The molecule has 1 radical (unpaired) electrons. The molecule has 0 fully saturated rings. The van der Waals surface area contributed by atoms with E-state index in [2.05, 4.69) is 18.9 Å². The van der Waals surface area contributed by atoms with Crippen molar-refractivity contribution >= 4 is 0 Å². The molecule has 59 valence electrons. The number of hydrogen-bond donors (Lipinski definition) is 1. The molecule has 1 N–H and O–H groups in total. The topological polar surface area (TPSA) is 23.5 Å². The van der Waals surface area contributed by atoms with Gasteiger partial charge in [0.05, 0.1) is 6.10 Å². The number of aliphatic hydroxyl groups excluding tert-OH is 1. The third-order valence-electron chi connectivity index (χ3n) is 1.47. The maximum absolute atomic E-state index is 8.87. The van der Waals surface area contributed by atoms with Gasteiger partial charge in [0.2, 0.25) is 0 Å². The Labute approximate surface area is 88.9 Å². The van der Waals surface area contributed by atoms with Crippen molar-refractivity contribution in [1.29, 1.82) is 0 Å². The van der Waals surface area contributed by atoms with E-state index in [4.69, 9.17) is 5.11 Å². The molecule has 0 aliphatic heterocycles. The smallest absolute Gasteiger partial charge is 0.0524 e. The number of rotatable bonds is 4. The van der Waals surface area contributed by atoms with Gasteiger partial charge in [-0.25, -0.2) is 0 Å². The van der Waals surface area contributed by atoms with Crippen LogP contribution in [-0.2, 0) is 32.7 Å². The molecular weight excluding hydrogens is 203 g/mol. The summed E-state index contributed by atoms with van der Waals surface area (Å²) in [5.74, 6) is 0. The van der Waals surface area contributed by atoms with E-state index < -0.39 is 0 Å². The van der Waals surface area contributed by atoms with Crippen LogP contribution >= 0.6 is 0 Å². The number of hydrogen-bond acceptors (Lipinski definition) is 2. The molecule has 0 aromatic rings. The Hall–Kier alpha value is 1.02. The predicted octanol–water partition coefficient (Wildman–Crippen LogP) is 0.706. The molecule has 0 aromatic carbocycles. The first-order valence-corrected chi connectivity index (χ1v) is 3.53. The van der Waals surface area contributed by atoms with Gasteiger partial charge < -0.3 is 10.0 Å². The maximum Gasteiger partial charge on any atom is 0.0524 e. The van der Waals surface area contributed by atoms with Gasteiger partial charge >= 0.3 is 0 Å². The Bertz CT molecular complexity index is 68.6. The van der Waals surface area contributed by atoms with Gasteiger partial charge in [0.25, 0.3) is 0 Å². The summed E-state index contributed by atoms with van der Waals surface area (Å²) in [5, 5.41) is 8.87. The monoisotopic (exact) mass is 220 g/mol. The second-order valence-electron chi connectivity index (χ2n) is 2.53. The van der Waals surface area contributed by atoms with Crippen molar-refractivity contribution in [2.75, 3.05) is 20.1 Å². The molecule has 2 nitrogen and oxygen atoms in total. The van der Waals surface area contributed by atoms with Gasteiger partial charge in [0, 0.05) is 39.3 Å². The third-order valence-corrected chi connectivity index (χ3v) is 1.47. The van der Waals surface area contributed by atoms with Crippen molar-refractivity contribution in [3.05, 3.63) is 0 Å². The molecule has 0 saturated carbocycles. The van der Waals surface area contributed by atoms with Crippen molar-refractivity contribution in [2.45, 2.75) is 26.4 Å². The fourth-order valence-electron chi connectivity index (χ4n) is 0.565. The zero-order valence-corrected chi connectivity index (χ0v) is 10.0. The predicted molar refractivity (Wildman–Crippen MR) is 39.5 cm³/mol. The summed E-state index contributed by atoms with van der Waals surface area (Å²) < 4.78 is 0. The molecule has 1 unspecified atom stereocenters. The molecule has 0 rings (SSSR count). The average Bonchev–Trinajstić information content (AvgIpc) is 1.83. The largest absolute Gasteiger partial charge is 0.393 e. The Morgan fingerprint density at radius 2 is 2.00 bits per heavy atom. The fourth-order valence-corrected chi connectivity index (χ4v) is 0.565. The first-order chi connectivity index (χ1) is 4.16. The van der Waals surface area contributed by atoms with Crippen LogP contribution < -0.4 is 0 Å². The minimum atomic E-state index is -0.154. The molecule has 0 aromatic heterocycles. The van der Waals surface area contributed by atoms with Gasteiger partial charge in [-0.15, -0.1) is 0 Å². The van der Waals surface area contributed by atoms with Crippen molar-refractivity contribution in [3.8, 4) is 0 Å². The molecule has 0 aliphatic carbocycles. The zero-order valence-electron chi connectivity index (χ0n) is 7.17. The van der Waals surface area contributed by atoms with Crippen LogP contribution in [0, 0.1) is 0 Å². The van der Waals surface area contributed by atoms with Crippen molar-refractivity contribution < 1.29 is 37.8 Å². The third kappa shape index (κ3) is 9.02. The summed E-state index contributed by atoms with van der Waals surface area (Å²) in [6, 6.07) is 0. The fraction of sp³-hybridized carbons (Fsp3) is 1.00. The number of nitrogens with zero attached hydrogens (tertiary/aromatic N) is 1. The second kappa shape index (κ2) is 8.12. The molecule has 10 heavy (non-hydrogen) atoms.